The summed E-state index contributed by atoms with van der Waals surface area (Å²) < 4.78 is 5.40. The second-order valence-electron chi connectivity index (χ2n) is 5.13. The number of nitrogens with zero attached hydrogens (tertiary/aromatic N) is 2. The molecule has 1 aromatic carbocycles. The lowest BCUT2D eigenvalue weighted by Gasteiger charge is -2.20. The van der Waals surface area contributed by atoms with Gasteiger partial charge < -0.3 is 9.63 Å². The second-order valence-corrected chi connectivity index (χ2v) is 5.57. The molecule has 1 aliphatic rings. The largest absolute Gasteiger partial charge is 0.395 e. The van der Waals surface area contributed by atoms with E-state index in [0.717, 1.165) is 36.4 Å². The predicted molar refractivity (Wildman–Crippen MR) is 77.5 cm³/mol. The Labute approximate surface area is 122 Å². The third-order valence-electron chi connectivity index (χ3n) is 3.77. The van der Waals surface area contributed by atoms with E-state index in [0.29, 0.717) is 11.6 Å². The average Bonchev–Trinajstić information content (AvgIpc) is 3.09. The van der Waals surface area contributed by atoms with Crippen LogP contribution in [0.4, 0.5) is 0 Å². The van der Waals surface area contributed by atoms with E-state index in [1.54, 1.807) is 0 Å². The summed E-state index contributed by atoms with van der Waals surface area (Å²) >= 11 is 5.88. The average molecular weight is 293 g/mol. The van der Waals surface area contributed by atoms with Crippen molar-refractivity contribution in [2.75, 3.05) is 13.2 Å². The first-order valence-electron chi connectivity index (χ1n) is 6.82. The molecule has 0 aliphatic carbocycles. The van der Waals surface area contributed by atoms with E-state index in [-0.39, 0.29) is 12.6 Å². The standard InChI is InChI=1S/C15H17ClN2O2/c16-12-5-3-11(4-6-12)15-8-14(20-17-15)9-18-7-1-2-13(18)10-19/h3-6,8,13,19H,1-2,7,9-10H2/t13-/m1/s1. The summed E-state index contributed by atoms with van der Waals surface area (Å²) in [5, 5.41) is 14.1. The molecule has 1 aliphatic heterocycles. The molecule has 2 heterocycles. The summed E-state index contributed by atoms with van der Waals surface area (Å²) in [6, 6.07) is 9.74. The van der Waals surface area contributed by atoms with E-state index in [1.165, 1.54) is 0 Å². The molecule has 5 heteroatoms. The maximum atomic E-state index is 9.32. The monoisotopic (exact) mass is 292 g/mol. The molecule has 0 radical (unpaired) electrons. The molecule has 1 saturated heterocycles. The summed E-state index contributed by atoms with van der Waals surface area (Å²) in [6.45, 7) is 1.91. The zero-order valence-corrected chi connectivity index (χ0v) is 11.9. The third-order valence-corrected chi connectivity index (χ3v) is 4.02. The first-order chi connectivity index (χ1) is 9.76. The normalized spacial score (nSPS) is 19.6. The molecule has 2 aromatic rings. The zero-order valence-electron chi connectivity index (χ0n) is 11.1. The Hall–Kier alpha value is -1.36. The fraction of sp³-hybridized carbons (Fsp3) is 0.400. The lowest BCUT2D eigenvalue weighted by molar-refractivity contribution is 0.143. The van der Waals surface area contributed by atoms with Gasteiger partial charge in [-0.05, 0) is 31.5 Å². The van der Waals surface area contributed by atoms with Crippen LogP contribution in [-0.4, -0.2) is 34.4 Å². The lowest BCUT2D eigenvalue weighted by Crippen LogP contribution is -2.31. The number of aliphatic hydroxyl groups is 1. The minimum absolute atomic E-state index is 0.207. The lowest BCUT2D eigenvalue weighted by atomic mass is 10.1. The summed E-state index contributed by atoms with van der Waals surface area (Å²) in [6.07, 6.45) is 2.18. The van der Waals surface area contributed by atoms with E-state index in [9.17, 15) is 5.11 Å². The number of hydrogen-bond acceptors (Lipinski definition) is 4. The van der Waals surface area contributed by atoms with Crippen molar-refractivity contribution in [3.63, 3.8) is 0 Å². The van der Waals surface area contributed by atoms with E-state index in [4.69, 9.17) is 16.1 Å². The summed E-state index contributed by atoms with van der Waals surface area (Å²) in [7, 11) is 0. The SMILES string of the molecule is OC[C@H]1CCCN1Cc1cc(-c2ccc(Cl)cc2)no1. The first kappa shape index (κ1) is 13.6. The molecule has 1 aromatic heterocycles. The Balaban J connectivity index is 1.72. The molecular formula is C15H17ClN2O2. The Morgan fingerprint density at radius 3 is 2.90 bits per heavy atom. The number of halogens is 1. The molecule has 1 fully saturated rings. The van der Waals surface area contributed by atoms with Crippen molar-refractivity contribution < 1.29 is 9.63 Å². The van der Waals surface area contributed by atoms with Gasteiger partial charge in [0.15, 0.2) is 5.76 Å². The minimum atomic E-state index is 0.207. The number of aliphatic hydroxyl groups excluding tert-OH is 1. The highest BCUT2D eigenvalue weighted by Gasteiger charge is 2.24. The molecule has 0 amide bonds. The molecule has 4 nitrogen and oxygen atoms in total. The molecule has 0 spiro atoms. The molecule has 0 saturated carbocycles. The van der Waals surface area contributed by atoms with Gasteiger partial charge in [0, 0.05) is 22.7 Å². The number of likely N-dealkylation sites (tertiary alicyclic amines) is 1. The van der Waals surface area contributed by atoms with E-state index in [2.05, 4.69) is 10.1 Å². The van der Waals surface area contributed by atoms with Gasteiger partial charge in [-0.2, -0.15) is 0 Å². The van der Waals surface area contributed by atoms with E-state index < -0.39 is 0 Å². The molecule has 1 N–H and O–H groups in total. The fourth-order valence-electron chi connectivity index (χ4n) is 2.65. The molecule has 1 atom stereocenters. The zero-order chi connectivity index (χ0) is 13.9. The number of hydrogen-bond donors (Lipinski definition) is 1. The van der Waals surface area contributed by atoms with Crippen LogP contribution in [0.5, 0.6) is 0 Å². The van der Waals surface area contributed by atoms with Crippen molar-refractivity contribution in [3.05, 3.63) is 41.1 Å². The molecular weight excluding hydrogens is 276 g/mol. The van der Waals surface area contributed by atoms with Gasteiger partial charge >= 0.3 is 0 Å². The van der Waals surface area contributed by atoms with Crippen LogP contribution in [0, 0.1) is 0 Å². The van der Waals surface area contributed by atoms with Gasteiger partial charge in [0.25, 0.3) is 0 Å². The summed E-state index contributed by atoms with van der Waals surface area (Å²) in [5.74, 6) is 0.829. The topological polar surface area (TPSA) is 49.5 Å². The van der Waals surface area contributed by atoms with Gasteiger partial charge in [0.2, 0.25) is 0 Å². The summed E-state index contributed by atoms with van der Waals surface area (Å²) in [5.41, 5.74) is 1.81. The van der Waals surface area contributed by atoms with Crippen molar-refractivity contribution >= 4 is 11.6 Å². The van der Waals surface area contributed by atoms with Gasteiger partial charge in [-0.25, -0.2) is 0 Å². The Morgan fingerprint density at radius 1 is 1.35 bits per heavy atom. The van der Waals surface area contributed by atoms with Crippen LogP contribution in [0.25, 0.3) is 11.3 Å². The van der Waals surface area contributed by atoms with Crippen molar-refractivity contribution in [2.24, 2.45) is 0 Å². The van der Waals surface area contributed by atoms with Crippen molar-refractivity contribution in [2.45, 2.75) is 25.4 Å². The van der Waals surface area contributed by atoms with Crippen LogP contribution in [0.15, 0.2) is 34.9 Å². The number of aromatic nitrogens is 1. The maximum Gasteiger partial charge on any atom is 0.151 e. The molecule has 106 valence electrons. The molecule has 3 rings (SSSR count). The Bertz CT molecular complexity index is 568. The third kappa shape index (κ3) is 2.87. The second kappa shape index (κ2) is 5.95. The first-order valence-corrected chi connectivity index (χ1v) is 7.20. The van der Waals surface area contributed by atoms with Gasteiger partial charge in [-0.15, -0.1) is 0 Å². The van der Waals surface area contributed by atoms with Crippen LogP contribution >= 0.6 is 11.6 Å². The quantitative estimate of drug-likeness (QED) is 0.941. The highest BCUT2D eigenvalue weighted by molar-refractivity contribution is 6.30. The number of rotatable bonds is 4. The maximum absolute atomic E-state index is 9.32. The van der Waals surface area contributed by atoms with Gasteiger partial charge in [0.05, 0.1) is 13.2 Å². The smallest absolute Gasteiger partial charge is 0.151 e. The van der Waals surface area contributed by atoms with Crippen LogP contribution in [0.3, 0.4) is 0 Å². The van der Waals surface area contributed by atoms with Crippen molar-refractivity contribution in [3.8, 4) is 11.3 Å². The number of benzene rings is 1. The minimum Gasteiger partial charge on any atom is -0.395 e. The van der Waals surface area contributed by atoms with Crippen LogP contribution in [-0.2, 0) is 6.54 Å². The van der Waals surface area contributed by atoms with Crippen molar-refractivity contribution in [1.82, 2.24) is 10.1 Å². The van der Waals surface area contributed by atoms with E-state index >= 15 is 0 Å². The molecule has 20 heavy (non-hydrogen) atoms. The molecule has 0 bridgehead atoms. The van der Waals surface area contributed by atoms with E-state index in [1.807, 2.05) is 30.3 Å². The predicted octanol–water partition coefficient (Wildman–Crippen LogP) is 2.95. The highest BCUT2D eigenvalue weighted by atomic mass is 35.5. The fourth-order valence-corrected chi connectivity index (χ4v) is 2.78. The van der Waals surface area contributed by atoms with Crippen molar-refractivity contribution in [1.29, 1.82) is 0 Å². The summed E-state index contributed by atoms with van der Waals surface area (Å²) in [4.78, 5) is 2.24. The van der Waals surface area contributed by atoms with Crippen LogP contribution in [0.1, 0.15) is 18.6 Å². The van der Waals surface area contributed by atoms with Crippen LogP contribution < -0.4 is 0 Å². The highest BCUT2D eigenvalue weighted by Crippen LogP contribution is 2.24. The van der Waals surface area contributed by atoms with Gasteiger partial charge in [-0.3, -0.25) is 4.90 Å². The Kier molecular flexibility index (Phi) is 4.05. The van der Waals surface area contributed by atoms with Crippen LogP contribution in [0.2, 0.25) is 5.02 Å². The van der Waals surface area contributed by atoms with Gasteiger partial charge in [0.1, 0.15) is 5.69 Å². The Morgan fingerprint density at radius 2 is 2.15 bits per heavy atom. The molecule has 0 unspecified atom stereocenters. The van der Waals surface area contributed by atoms with Gasteiger partial charge in [-0.1, -0.05) is 28.9 Å².